The van der Waals surface area contributed by atoms with Crippen LogP contribution in [0.3, 0.4) is 0 Å². The lowest BCUT2D eigenvalue weighted by molar-refractivity contribution is 0.0594. The average molecular weight is 275 g/mol. The molecule has 0 bridgehead atoms. The van der Waals surface area contributed by atoms with Crippen LogP contribution in [0.5, 0.6) is 5.75 Å². The molecule has 2 rings (SSSR count). The lowest BCUT2D eigenvalue weighted by Crippen LogP contribution is -2.05. The largest absolute Gasteiger partial charge is 0.507 e. The third-order valence-corrected chi connectivity index (χ3v) is 3.54. The molecule has 1 aromatic heterocycles. The molecule has 5 heteroatoms. The van der Waals surface area contributed by atoms with E-state index in [1.54, 1.807) is 24.3 Å². The SMILES string of the molecule is COC(=O)c1cccc(CSc2ccccc2O)n1. The van der Waals surface area contributed by atoms with E-state index >= 15 is 0 Å². The van der Waals surface area contributed by atoms with Crippen LogP contribution in [0.4, 0.5) is 0 Å². The summed E-state index contributed by atoms with van der Waals surface area (Å²) in [5, 5.41) is 9.65. The van der Waals surface area contributed by atoms with Gasteiger partial charge in [-0.15, -0.1) is 11.8 Å². The monoisotopic (exact) mass is 275 g/mol. The summed E-state index contributed by atoms with van der Waals surface area (Å²) in [4.78, 5) is 16.4. The summed E-state index contributed by atoms with van der Waals surface area (Å²) in [6, 6.07) is 12.3. The summed E-state index contributed by atoms with van der Waals surface area (Å²) in [6.07, 6.45) is 0. The van der Waals surface area contributed by atoms with Gasteiger partial charge in [-0.3, -0.25) is 0 Å². The normalized spacial score (nSPS) is 10.2. The second kappa shape index (κ2) is 6.24. The number of esters is 1. The fraction of sp³-hybridized carbons (Fsp3) is 0.143. The predicted molar refractivity (Wildman–Crippen MR) is 73.2 cm³/mol. The van der Waals surface area contributed by atoms with Gasteiger partial charge in [-0.2, -0.15) is 0 Å². The van der Waals surface area contributed by atoms with Crippen molar-refractivity contribution in [2.24, 2.45) is 0 Å². The second-order valence-corrected chi connectivity index (χ2v) is 4.78. The van der Waals surface area contributed by atoms with Crippen LogP contribution in [0.2, 0.25) is 0 Å². The Hall–Kier alpha value is -2.01. The summed E-state index contributed by atoms with van der Waals surface area (Å²) in [5.74, 6) is 0.369. The molecule has 0 aliphatic rings. The zero-order chi connectivity index (χ0) is 13.7. The van der Waals surface area contributed by atoms with Crippen molar-refractivity contribution in [3.8, 4) is 5.75 Å². The Labute approximate surface area is 115 Å². The van der Waals surface area contributed by atoms with Crippen molar-refractivity contribution in [3.05, 3.63) is 53.9 Å². The minimum absolute atomic E-state index is 0.247. The van der Waals surface area contributed by atoms with Gasteiger partial charge in [-0.25, -0.2) is 9.78 Å². The number of rotatable bonds is 4. The van der Waals surface area contributed by atoms with E-state index in [0.717, 1.165) is 10.6 Å². The number of benzene rings is 1. The van der Waals surface area contributed by atoms with Crippen molar-refractivity contribution in [1.82, 2.24) is 4.98 Å². The molecule has 1 N–H and O–H groups in total. The van der Waals surface area contributed by atoms with Crippen LogP contribution in [0.15, 0.2) is 47.4 Å². The third-order valence-electron chi connectivity index (χ3n) is 2.44. The molecule has 0 fully saturated rings. The molecule has 0 atom stereocenters. The van der Waals surface area contributed by atoms with Gasteiger partial charge < -0.3 is 9.84 Å². The van der Waals surface area contributed by atoms with Crippen molar-refractivity contribution < 1.29 is 14.6 Å². The Bertz CT molecular complexity index is 586. The number of carbonyl (C=O) groups excluding carboxylic acids is 1. The summed E-state index contributed by atoms with van der Waals surface area (Å²) >= 11 is 1.46. The number of aromatic hydroxyl groups is 1. The van der Waals surface area contributed by atoms with Gasteiger partial charge in [-0.05, 0) is 24.3 Å². The molecular formula is C14H13NO3S. The molecule has 19 heavy (non-hydrogen) atoms. The maximum atomic E-state index is 11.4. The minimum atomic E-state index is -0.450. The molecule has 0 radical (unpaired) electrons. The predicted octanol–water partition coefficient (Wildman–Crippen LogP) is 2.87. The maximum absolute atomic E-state index is 11.4. The number of thioether (sulfide) groups is 1. The highest BCUT2D eigenvalue weighted by Crippen LogP contribution is 2.29. The first-order valence-electron chi connectivity index (χ1n) is 5.66. The summed E-state index contributed by atoms with van der Waals surface area (Å²) in [6.45, 7) is 0. The van der Waals surface area contributed by atoms with Gasteiger partial charge in [-0.1, -0.05) is 18.2 Å². The molecule has 0 saturated heterocycles. The molecule has 0 aliphatic carbocycles. The zero-order valence-corrected chi connectivity index (χ0v) is 11.2. The van der Waals surface area contributed by atoms with E-state index < -0.39 is 5.97 Å². The molecule has 2 aromatic rings. The topological polar surface area (TPSA) is 59.4 Å². The lowest BCUT2D eigenvalue weighted by atomic mass is 10.3. The van der Waals surface area contributed by atoms with Crippen molar-refractivity contribution in [2.45, 2.75) is 10.6 Å². The highest BCUT2D eigenvalue weighted by atomic mass is 32.2. The van der Waals surface area contributed by atoms with E-state index in [1.165, 1.54) is 18.9 Å². The fourth-order valence-electron chi connectivity index (χ4n) is 1.51. The standard InChI is InChI=1S/C14H13NO3S/c1-18-14(17)11-6-4-5-10(15-11)9-19-13-8-3-2-7-12(13)16/h2-8,16H,9H2,1H3. The molecule has 0 saturated carbocycles. The van der Waals surface area contributed by atoms with Gasteiger partial charge in [0.1, 0.15) is 11.4 Å². The van der Waals surface area contributed by atoms with Gasteiger partial charge >= 0.3 is 5.97 Å². The number of pyridine rings is 1. The third kappa shape index (κ3) is 3.48. The van der Waals surface area contributed by atoms with Crippen molar-refractivity contribution in [3.63, 3.8) is 0 Å². The molecule has 1 aromatic carbocycles. The van der Waals surface area contributed by atoms with E-state index in [-0.39, 0.29) is 11.4 Å². The zero-order valence-electron chi connectivity index (χ0n) is 10.4. The van der Waals surface area contributed by atoms with E-state index in [1.807, 2.05) is 18.2 Å². The van der Waals surface area contributed by atoms with E-state index in [2.05, 4.69) is 9.72 Å². The van der Waals surface area contributed by atoms with Gasteiger partial charge in [0, 0.05) is 10.6 Å². The van der Waals surface area contributed by atoms with Crippen LogP contribution in [0.25, 0.3) is 0 Å². The summed E-state index contributed by atoms with van der Waals surface area (Å²) in [5.41, 5.74) is 1.05. The molecule has 0 aliphatic heterocycles. The first-order chi connectivity index (χ1) is 9.20. The number of phenols is 1. The smallest absolute Gasteiger partial charge is 0.356 e. The first kappa shape index (κ1) is 13.4. The average Bonchev–Trinajstić information content (AvgIpc) is 2.46. The highest BCUT2D eigenvalue weighted by molar-refractivity contribution is 7.98. The molecule has 98 valence electrons. The maximum Gasteiger partial charge on any atom is 0.356 e. The van der Waals surface area contributed by atoms with E-state index in [4.69, 9.17) is 0 Å². The Kier molecular flexibility index (Phi) is 4.41. The number of carbonyl (C=O) groups is 1. The van der Waals surface area contributed by atoms with Crippen LogP contribution in [0, 0.1) is 0 Å². The van der Waals surface area contributed by atoms with Crippen LogP contribution in [0.1, 0.15) is 16.2 Å². The number of ether oxygens (including phenoxy) is 1. The van der Waals surface area contributed by atoms with Gasteiger partial charge in [0.15, 0.2) is 0 Å². The van der Waals surface area contributed by atoms with Gasteiger partial charge in [0.25, 0.3) is 0 Å². The Morgan fingerprint density at radius 2 is 2.05 bits per heavy atom. The van der Waals surface area contributed by atoms with E-state index in [9.17, 15) is 9.90 Å². The number of methoxy groups -OCH3 is 1. The lowest BCUT2D eigenvalue weighted by Gasteiger charge is -2.05. The molecule has 0 spiro atoms. The summed E-state index contributed by atoms with van der Waals surface area (Å²) < 4.78 is 4.62. The van der Waals surface area contributed by atoms with Crippen LogP contribution >= 0.6 is 11.8 Å². The Balaban J connectivity index is 2.08. The van der Waals surface area contributed by atoms with Crippen molar-refractivity contribution in [2.75, 3.05) is 7.11 Å². The Morgan fingerprint density at radius 3 is 2.79 bits per heavy atom. The minimum Gasteiger partial charge on any atom is -0.507 e. The molecule has 4 nitrogen and oxygen atoms in total. The number of para-hydroxylation sites is 1. The molecule has 0 amide bonds. The Morgan fingerprint density at radius 1 is 1.26 bits per heavy atom. The van der Waals surface area contributed by atoms with Crippen LogP contribution in [-0.4, -0.2) is 23.2 Å². The first-order valence-corrected chi connectivity index (χ1v) is 6.64. The number of phenolic OH excluding ortho intramolecular Hbond substituents is 1. The summed E-state index contributed by atoms with van der Waals surface area (Å²) in [7, 11) is 1.33. The molecule has 0 unspecified atom stereocenters. The van der Waals surface area contributed by atoms with E-state index in [0.29, 0.717) is 5.75 Å². The quantitative estimate of drug-likeness (QED) is 0.686. The number of hydrogen-bond donors (Lipinski definition) is 1. The number of hydrogen-bond acceptors (Lipinski definition) is 5. The fourth-order valence-corrected chi connectivity index (χ4v) is 2.36. The van der Waals surface area contributed by atoms with Crippen LogP contribution < -0.4 is 0 Å². The second-order valence-electron chi connectivity index (χ2n) is 3.76. The van der Waals surface area contributed by atoms with Crippen molar-refractivity contribution >= 4 is 17.7 Å². The van der Waals surface area contributed by atoms with Gasteiger partial charge in [0.2, 0.25) is 0 Å². The molecular weight excluding hydrogens is 262 g/mol. The number of aromatic nitrogens is 1. The molecule has 1 heterocycles. The van der Waals surface area contributed by atoms with Gasteiger partial charge in [0.05, 0.1) is 12.8 Å². The van der Waals surface area contributed by atoms with Crippen LogP contribution in [-0.2, 0) is 10.5 Å². The van der Waals surface area contributed by atoms with Crippen molar-refractivity contribution in [1.29, 1.82) is 0 Å². The number of nitrogens with zero attached hydrogens (tertiary/aromatic N) is 1. The highest BCUT2D eigenvalue weighted by Gasteiger charge is 2.08.